The molecule has 2 aromatic rings. The smallest absolute Gasteiger partial charge is 0.256 e. The maximum atomic E-state index is 13.0. The second-order valence-electron chi connectivity index (χ2n) is 5.82. The van der Waals surface area contributed by atoms with E-state index in [-0.39, 0.29) is 11.7 Å². The van der Waals surface area contributed by atoms with Crippen LogP contribution in [0.3, 0.4) is 0 Å². The Morgan fingerprint density at radius 2 is 1.62 bits per heavy atom. The Balaban J connectivity index is 1.63. The van der Waals surface area contributed by atoms with Crippen LogP contribution in [0.25, 0.3) is 0 Å². The number of rotatable bonds is 4. The van der Waals surface area contributed by atoms with Crippen LogP contribution in [0.2, 0.25) is 0 Å². The van der Waals surface area contributed by atoms with Crippen LogP contribution in [-0.2, 0) is 9.53 Å². The fourth-order valence-electron chi connectivity index (χ4n) is 3.01. The molecule has 126 valence electrons. The monoisotopic (exact) mass is 328 g/mol. The standard InChI is InChI=1S/C19H21FN2O2/c1-24-18(15-5-3-2-4-6-15)19(23)22-13-11-21(12-14-22)17-9-7-16(20)8-10-17/h2-10,18H,11-14H2,1H3/t18-/m0/s1. The first-order valence-electron chi connectivity index (χ1n) is 8.06. The molecule has 4 nitrogen and oxygen atoms in total. The molecule has 0 saturated carbocycles. The van der Waals surface area contributed by atoms with E-state index in [1.807, 2.05) is 35.2 Å². The van der Waals surface area contributed by atoms with Crippen molar-refractivity contribution in [2.45, 2.75) is 6.10 Å². The Morgan fingerprint density at radius 3 is 2.21 bits per heavy atom. The molecule has 1 aliphatic heterocycles. The molecule has 24 heavy (non-hydrogen) atoms. The zero-order chi connectivity index (χ0) is 16.9. The highest BCUT2D eigenvalue weighted by Crippen LogP contribution is 2.22. The summed E-state index contributed by atoms with van der Waals surface area (Å²) in [6.07, 6.45) is -0.566. The number of carbonyl (C=O) groups is 1. The minimum atomic E-state index is -0.566. The number of carbonyl (C=O) groups excluding carboxylic acids is 1. The van der Waals surface area contributed by atoms with Crippen LogP contribution in [-0.4, -0.2) is 44.1 Å². The van der Waals surface area contributed by atoms with E-state index in [0.717, 1.165) is 24.3 Å². The molecule has 0 unspecified atom stereocenters. The van der Waals surface area contributed by atoms with E-state index in [2.05, 4.69) is 4.90 Å². The fraction of sp³-hybridized carbons (Fsp3) is 0.316. The van der Waals surface area contributed by atoms with Gasteiger partial charge >= 0.3 is 0 Å². The van der Waals surface area contributed by atoms with E-state index in [0.29, 0.717) is 13.1 Å². The zero-order valence-corrected chi connectivity index (χ0v) is 13.7. The number of ether oxygens (including phenoxy) is 1. The molecule has 1 saturated heterocycles. The largest absolute Gasteiger partial charge is 0.368 e. The van der Waals surface area contributed by atoms with Crippen molar-refractivity contribution in [1.29, 1.82) is 0 Å². The molecule has 1 aliphatic rings. The summed E-state index contributed by atoms with van der Waals surface area (Å²) in [6.45, 7) is 2.71. The van der Waals surface area contributed by atoms with Crippen molar-refractivity contribution in [3.8, 4) is 0 Å². The van der Waals surface area contributed by atoms with Crippen molar-refractivity contribution >= 4 is 11.6 Å². The number of hydrogen-bond acceptors (Lipinski definition) is 3. The molecule has 0 bridgehead atoms. The van der Waals surface area contributed by atoms with Crippen LogP contribution in [0.15, 0.2) is 54.6 Å². The maximum Gasteiger partial charge on any atom is 0.256 e. The second kappa shape index (κ2) is 7.45. The van der Waals surface area contributed by atoms with Crippen LogP contribution >= 0.6 is 0 Å². The summed E-state index contributed by atoms with van der Waals surface area (Å²) >= 11 is 0. The Kier molecular flexibility index (Phi) is 5.11. The molecule has 0 aliphatic carbocycles. The normalized spacial score (nSPS) is 16.1. The van der Waals surface area contributed by atoms with E-state index < -0.39 is 6.10 Å². The number of amides is 1. The van der Waals surface area contributed by atoms with Crippen LogP contribution in [0.5, 0.6) is 0 Å². The molecule has 1 heterocycles. The van der Waals surface area contributed by atoms with Gasteiger partial charge in [0, 0.05) is 39.0 Å². The van der Waals surface area contributed by atoms with Gasteiger partial charge in [0.25, 0.3) is 5.91 Å². The summed E-state index contributed by atoms with van der Waals surface area (Å²) in [7, 11) is 1.56. The van der Waals surface area contributed by atoms with Crippen molar-refractivity contribution in [2.75, 3.05) is 38.2 Å². The van der Waals surface area contributed by atoms with Gasteiger partial charge in [0.2, 0.25) is 0 Å². The van der Waals surface area contributed by atoms with Crippen molar-refractivity contribution < 1.29 is 13.9 Å². The number of piperazine rings is 1. The third-order valence-electron chi connectivity index (χ3n) is 4.35. The Hall–Kier alpha value is -2.40. The lowest BCUT2D eigenvalue weighted by atomic mass is 10.1. The van der Waals surface area contributed by atoms with Crippen LogP contribution in [0.4, 0.5) is 10.1 Å². The summed E-state index contributed by atoms with van der Waals surface area (Å²) in [5.41, 5.74) is 1.85. The average Bonchev–Trinajstić information content (AvgIpc) is 2.64. The Bertz CT molecular complexity index is 668. The van der Waals surface area contributed by atoms with Gasteiger partial charge < -0.3 is 14.5 Å². The van der Waals surface area contributed by atoms with Gasteiger partial charge in [-0.1, -0.05) is 30.3 Å². The third-order valence-corrected chi connectivity index (χ3v) is 4.35. The number of hydrogen-bond donors (Lipinski definition) is 0. The van der Waals surface area contributed by atoms with Gasteiger partial charge in [0.05, 0.1) is 0 Å². The van der Waals surface area contributed by atoms with Crippen molar-refractivity contribution in [3.63, 3.8) is 0 Å². The molecule has 5 heteroatoms. The predicted octanol–water partition coefficient (Wildman–Crippen LogP) is 2.86. The van der Waals surface area contributed by atoms with Gasteiger partial charge in [-0.15, -0.1) is 0 Å². The van der Waals surface area contributed by atoms with Gasteiger partial charge in [-0.3, -0.25) is 4.79 Å². The minimum absolute atomic E-state index is 0.0116. The third kappa shape index (κ3) is 3.57. The van der Waals surface area contributed by atoms with Gasteiger partial charge in [0.1, 0.15) is 5.82 Å². The summed E-state index contributed by atoms with van der Waals surface area (Å²) in [6, 6.07) is 16.0. The summed E-state index contributed by atoms with van der Waals surface area (Å²) in [5.74, 6) is -0.249. The van der Waals surface area contributed by atoms with Gasteiger partial charge in [-0.25, -0.2) is 4.39 Å². The molecule has 0 aromatic heterocycles. The quantitative estimate of drug-likeness (QED) is 0.865. The number of nitrogens with zero attached hydrogens (tertiary/aromatic N) is 2. The van der Waals surface area contributed by atoms with E-state index >= 15 is 0 Å². The molecule has 1 amide bonds. The highest BCUT2D eigenvalue weighted by atomic mass is 19.1. The highest BCUT2D eigenvalue weighted by Gasteiger charge is 2.28. The molecular weight excluding hydrogens is 307 g/mol. The van der Waals surface area contributed by atoms with Crippen LogP contribution < -0.4 is 4.90 Å². The average molecular weight is 328 g/mol. The SMILES string of the molecule is CO[C@H](C(=O)N1CCN(c2ccc(F)cc2)CC1)c1ccccc1. The molecule has 2 aromatic carbocycles. The minimum Gasteiger partial charge on any atom is -0.368 e. The number of benzene rings is 2. The molecule has 0 N–H and O–H groups in total. The van der Waals surface area contributed by atoms with E-state index in [4.69, 9.17) is 4.74 Å². The second-order valence-corrected chi connectivity index (χ2v) is 5.82. The lowest BCUT2D eigenvalue weighted by Crippen LogP contribution is -2.50. The molecule has 1 atom stereocenters. The topological polar surface area (TPSA) is 32.8 Å². The first kappa shape index (κ1) is 16.5. The van der Waals surface area contributed by atoms with Gasteiger partial charge in [0.15, 0.2) is 6.10 Å². The van der Waals surface area contributed by atoms with E-state index in [9.17, 15) is 9.18 Å². The summed E-state index contributed by atoms with van der Waals surface area (Å²) in [4.78, 5) is 16.7. The van der Waals surface area contributed by atoms with Gasteiger partial charge in [-0.05, 0) is 29.8 Å². The van der Waals surface area contributed by atoms with Crippen molar-refractivity contribution in [2.24, 2.45) is 0 Å². The summed E-state index contributed by atoms with van der Waals surface area (Å²) in [5, 5.41) is 0. The predicted molar refractivity (Wildman–Crippen MR) is 91.4 cm³/mol. The Labute approximate surface area is 141 Å². The van der Waals surface area contributed by atoms with Crippen LogP contribution in [0, 0.1) is 5.82 Å². The van der Waals surface area contributed by atoms with Crippen molar-refractivity contribution in [3.05, 3.63) is 66.0 Å². The fourth-order valence-corrected chi connectivity index (χ4v) is 3.01. The molecular formula is C19H21FN2O2. The first-order valence-corrected chi connectivity index (χ1v) is 8.06. The van der Waals surface area contributed by atoms with Crippen LogP contribution in [0.1, 0.15) is 11.7 Å². The van der Waals surface area contributed by atoms with Gasteiger partial charge in [-0.2, -0.15) is 0 Å². The lowest BCUT2D eigenvalue weighted by molar-refractivity contribution is -0.142. The van der Waals surface area contributed by atoms with E-state index in [1.54, 1.807) is 19.2 Å². The van der Waals surface area contributed by atoms with Crippen molar-refractivity contribution in [1.82, 2.24) is 4.90 Å². The molecule has 3 rings (SSSR count). The molecule has 0 spiro atoms. The lowest BCUT2D eigenvalue weighted by Gasteiger charge is -2.37. The number of halogens is 1. The zero-order valence-electron chi connectivity index (χ0n) is 13.7. The summed E-state index contributed by atoms with van der Waals surface area (Å²) < 4.78 is 18.5. The Morgan fingerprint density at radius 1 is 1.00 bits per heavy atom. The molecule has 0 radical (unpaired) electrons. The molecule has 1 fully saturated rings. The highest BCUT2D eigenvalue weighted by molar-refractivity contribution is 5.82. The number of anilines is 1. The first-order chi connectivity index (χ1) is 11.7. The number of methoxy groups -OCH3 is 1. The van der Waals surface area contributed by atoms with E-state index in [1.165, 1.54) is 12.1 Å². The maximum absolute atomic E-state index is 13.0.